The fraction of sp³-hybridized carbons (Fsp3) is 0.400. The molecule has 4 heteroatoms. The van der Waals surface area contributed by atoms with Gasteiger partial charge in [-0.05, 0) is 38.1 Å². The number of hydrogen-bond acceptors (Lipinski definition) is 4. The predicted octanol–water partition coefficient (Wildman–Crippen LogP) is 2.27. The summed E-state index contributed by atoms with van der Waals surface area (Å²) in [7, 11) is 0. The summed E-state index contributed by atoms with van der Waals surface area (Å²) in [6, 6.07) is 8.64. The average Bonchev–Trinajstić information content (AvgIpc) is 2.92. The highest BCUT2D eigenvalue weighted by atomic mass is 16.6. The molecule has 1 saturated heterocycles. The van der Waals surface area contributed by atoms with Gasteiger partial charge >= 0.3 is 0 Å². The van der Waals surface area contributed by atoms with Crippen molar-refractivity contribution in [3.8, 4) is 5.95 Å². The van der Waals surface area contributed by atoms with Gasteiger partial charge in [-0.1, -0.05) is 12.1 Å². The second-order valence-electron chi connectivity index (χ2n) is 4.82. The Balaban J connectivity index is 1.69. The molecule has 0 aliphatic carbocycles. The van der Waals surface area contributed by atoms with Crippen molar-refractivity contribution in [1.29, 1.82) is 0 Å². The Morgan fingerprint density at radius 2 is 2.00 bits per heavy atom. The molecule has 1 aromatic heterocycles. The number of benzene rings is 1. The Morgan fingerprint density at radius 3 is 2.84 bits per heavy atom. The van der Waals surface area contributed by atoms with E-state index in [2.05, 4.69) is 4.90 Å². The van der Waals surface area contributed by atoms with Crippen molar-refractivity contribution >= 4 is 11.0 Å². The van der Waals surface area contributed by atoms with Gasteiger partial charge in [-0.25, -0.2) is 0 Å². The second kappa shape index (κ2) is 5.45. The zero-order valence-corrected chi connectivity index (χ0v) is 10.8. The molecule has 19 heavy (non-hydrogen) atoms. The third kappa shape index (κ3) is 2.79. The fourth-order valence-electron chi connectivity index (χ4n) is 2.43. The van der Waals surface area contributed by atoms with Crippen LogP contribution in [0.1, 0.15) is 12.8 Å². The Morgan fingerprint density at radius 1 is 1.21 bits per heavy atom. The third-order valence-corrected chi connectivity index (χ3v) is 3.46. The monoisotopic (exact) mass is 259 g/mol. The molecule has 0 radical (unpaired) electrons. The van der Waals surface area contributed by atoms with Gasteiger partial charge in [0, 0.05) is 6.54 Å². The van der Waals surface area contributed by atoms with Crippen molar-refractivity contribution in [2.75, 3.05) is 26.2 Å². The first-order chi connectivity index (χ1) is 9.33. The molecule has 0 unspecified atom stereocenters. The van der Waals surface area contributed by atoms with Crippen LogP contribution in [0.15, 0.2) is 39.5 Å². The summed E-state index contributed by atoms with van der Waals surface area (Å²) in [6.07, 6.45) is 2.54. The number of nitrogens with zero attached hydrogens (tertiary/aromatic N) is 1. The molecule has 0 N–H and O–H groups in total. The van der Waals surface area contributed by atoms with Crippen LogP contribution in [0.5, 0.6) is 5.95 Å². The molecule has 3 rings (SSSR count). The molecule has 1 fully saturated rings. The average molecular weight is 259 g/mol. The minimum absolute atomic E-state index is 0.0574. The molecular weight excluding hydrogens is 242 g/mol. The molecule has 0 amide bonds. The Hall–Kier alpha value is -1.81. The van der Waals surface area contributed by atoms with Gasteiger partial charge in [-0.3, -0.25) is 9.69 Å². The number of para-hydroxylation sites is 1. The zero-order valence-electron chi connectivity index (χ0n) is 10.8. The predicted molar refractivity (Wildman–Crippen MR) is 73.7 cm³/mol. The number of hydrogen-bond donors (Lipinski definition) is 0. The quantitative estimate of drug-likeness (QED) is 0.844. The van der Waals surface area contributed by atoms with Crippen LogP contribution >= 0.6 is 0 Å². The first-order valence-electron chi connectivity index (χ1n) is 6.71. The van der Waals surface area contributed by atoms with Gasteiger partial charge in [-0.15, -0.1) is 0 Å². The van der Waals surface area contributed by atoms with E-state index in [1.54, 1.807) is 12.1 Å². The molecule has 100 valence electrons. The summed E-state index contributed by atoms with van der Waals surface area (Å²) in [5.74, 6) is 0.308. The van der Waals surface area contributed by atoms with E-state index in [0.717, 1.165) is 19.6 Å². The van der Waals surface area contributed by atoms with Crippen LogP contribution in [0.4, 0.5) is 0 Å². The lowest BCUT2D eigenvalue weighted by Crippen LogP contribution is -2.25. The van der Waals surface area contributed by atoms with Gasteiger partial charge in [-0.2, -0.15) is 0 Å². The summed E-state index contributed by atoms with van der Waals surface area (Å²) in [5, 5.41) is 0.592. The Bertz CT molecular complexity index is 614. The van der Waals surface area contributed by atoms with Gasteiger partial charge < -0.3 is 9.15 Å². The lowest BCUT2D eigenvalue weighted by atomic mass is 10.2. The number of fused-ring (bicyclic) bond motifs is 1. The summed E-state index contributed by atoms with van der Waals surface area (Å²) in [6.45, 7) is 3.73. The third-order valence-electron chi connectivity index (χ3n) is 3.46. The smallest absolute Gasteiger partial charge is 0.288 e. The van der Waals surface area contributed by atoms with E-state index in [4.69, 9.17) is 9.15 Å². The normalized spacial score (nSPS) is 16.0. The van der Waals surface area contributed by atoms with Crippen molar-refractivity contribution < 1.29 is 9.15 Å². The highest BCUT2D eigenvalue weighted by Crippen LogP contribution is 2.17. The van der Waals surface area contributed by atoms with Gasteiger partial charge in [0.15, 0.2) is 5.43 Å². The molecule has 2 aromatic rings. The highest BCUT2D eigenvalue weighted by molar-refractivity contribution is 5.76. The molecular formula is C15H17NO3. The summed E-state index contributed by atoms with van der Waals surface area (Å²) in [5.41, 5.74) is 0.518. The maximum Gasteiger partial charge on any atom is 0.288 e. The van der Waals surface area contributed by atoms with Crippen molar-refractivity contribution in [3.63, 3.8) is 0 Å². The van der Waals surface area contributed by atoms with Crippen molar-refractivity contribution in [2.45, 2.75) is 12.8 Å². The summed E-state index contributed by atoms with van der Waals surface area (Å²) in [4.78, 5) is 14.2. The number of ether oxygens (including phenoxy) is 1. The van der Waals surface area contributed by atoms with E-state index in [0.29, 0.717) is 23.5 Å². The van der Waals surface area contributed by atoms with Crippen LogP contribution in [0.25, 0.3) is 11.0 Å². The molecule has 4 nitrogen and oxygen atoms in total. The Kier molecular flexibility index (Phi) is 3.51. The topological polar surface area (TPSA) is 42.7 Å². The van der Waals surface area contributed by atoms with E-state index in [9.17, 15) is 4.79 Å². The van der Waals surface area contributed by atoms with Crippen LogP contribution in [-0.2, 0) is 0 Å². The maximum absolute atomic E-state index is 11.9. The standard InChI is InChI=1S/C15H17NO3/c17-13-11-15(18-10-9-16-7-3-4-8-16)19-14-6-2-1-5-12(13)14/h1-2,5-6,11H,3-4,7-10H2. The first-order valence-corrected chi connectivity index (χ1v) is 6.71. The van der Waals surface area contributed by atoms with Gasteiger partial charge in [0.2, 0.25) is 0 Å². The van der Waals surface area contributed by atoms with Crippen molar-refractivity contribution in [3.05, 3.63) is 40.6 Å². The van der Waals surface area contributed by atoms with E-state index in [1.807, 2.05) is 12.1 Å². The molecule has 0 bridgehead atoms. The Labute approximate surface area is 111 Å². The summed E-state index contributed by atoms with van der Waals surface area (Å²) < 4.78 is 11.1. The van der Waals surface area contributed by atoms with E-state index in [1.165, 1.54) is 18.9 Å². The van der Waals surface area contributed by atoms with E-state index in [-0.39, 0.29) is 5.43 Å². The molecule has 1 aliphatic rings. The fourth-order valence-corrected chi connectivity index (χ4v) is 2.43. The van der Waals surface area contributed by atoms with Crippen LogP contribution in [0.2, 0.25) is 0 Å². The second-order valence-corrected chi connectivity index (χ2v) is 4.82. The minimum atomic E-state index is -0.0574. The number of likely N-dealkylation sites (tertiary alicyclic amines) is 1. The maximum atomic E-state index is 11.9. The van der Waals surface area contributed by atoms with Crippen LogP contribution < -0.4 is 10.2 Å². The molecule has 2 heterocycles. The minimum Gasteiger partial charge on any atom is -0.464 e. The van der Waals surface area contributed by atoms with E-state index < -0.39 is 0 Å². The molecule has 0 saturated carbocycles. The van der Waals surface area contributed by atoms with Crippen molar-refractivity contribution in [1.82, 2.24) is 4.90 Å². The van der Waals surface area contributed by atoms with Gasteiger partial charge in [0.1, 0.15) is 12.2 Å². The van der Waals surface area contributed by atoms with Gasteiger partial charge in [0.25, 0.3) is 5.95 Å². The molecule has 1 aliphatic heterocycles. The summed E-state index contributed by atoms with van der Waals surface area (Å²) >= 11 is 0. The lowest BCUT2D eigenvalue weighted by molar-refractivity contribution is 0.201. The van der Waals surface area contributed by atoms with Crippen LogP contribution in [0.3, 0.4) is 0 Å². The lowest BCUT2D eigenvalue weighted by Gasteiger charge is -2.14. The number of rotatable bonds is 4. The molecule has 0 spiro atoms. The van der Waals surface area contributed by atoms with Crippen LogP contribution in [0, 0.1) is 0 Å². The first kappa shape index (κ1) is 12.2. The largest absolute Gasteiger partial charge is 0.464 e. The van der Waals surface area contributed by atoms with Crippen molar-refractivity contribution in [2.24, 2.45) is 0 Å². The highest BCUT2D eigenvalue weighted by Gasteiger charge is 2.11. The SMILES string of the molecule is O=c1cc(OCCN2CCCC2)oc2ccccc12. The zero-order chi connectivity index (χ0) is 13.1. The van der Waals surface area contributed by atoms with E-state index >= 15 is 0 Å². The molecule has 0 atom stereocenters. The van der Waals surface area contributed by atoms with Crippen LogP contribution in [-0.4, -0.2) is 31.1 Å². The van der Waals surface area contributed by atoms with Gasteiger partial charge in [0.05, 0.1) is 11.5 Å². The molecule has 1 aromatic carbocycles.